The van der Waals surface area contributed by atoms with Gasteiger partial charge in [0.05, 0.1) is 17.9 Å². The number of alkyl halides is 1. The molecule has 34 heavy (non-hydrogen) atoms. The second-order valence-electron chi connectivity index (χ2n) is 8.20. The zero-order chi connectivity index (χ0) is 23.3. The Morgan fingerprint density at radius 3 is 2.53 bits per heavy atom. The van der Waals surface area contributed by atoms with Crippen molar-refractivity contribution in [3.63, 3.8) is 0 Å². The van der Waals surface area contributed by atoms with E-state index in [4.69, 9.17) is 9.72 Å². The molecule has 0 fully saturated rings. The van der Waals surface area contributed by atoms with Gasteiger partial charge in [0.25, 0.3) is 0 Å². The lowest BCUT2D eigenvalue weighted by Gasteiger charge is -2.11. The van der Waals surface area contributed by atoms with Crippen LogP contribution in [0.1, 0.15) is 17.7 Å². The highest BCUT2D eigenvalue weighted by molar-refractivity contribution is 5.82. The molecule has 0 aliphatic rings. The van der Waals surface area contributed by atoms with Crippen LogP contribution in [0.3, 0.4) is 0 Å². The second kappa shape index (κ2) is 9.83. The second-order valence-corrected chi connectivity index (χ2v) is 8.20. The third kappa shape index (κ3) is 4.66. The number of hydrogen-bond acceptors (Lipinski definition) is 4. The lowest BCUT2D eigenvalue weighted by Crippen LogP contribution is -2.01. The average Bonchev–Trinajstić information content (AvgIpc) is 3.28. The third-order valence-electron chi connectivity index (χ3n) is 5.77. The summed E-state index contributed by atoms with van der Waals surface area (Å²) in [6.07, 6.45) is 6.77. The van der Waals surface area contributed by atoms with E-state index in [0.717, 1.165) is 50.3 Å². The van der Waals surface area contributed by atoms with Crippen molar-refractivity contribution in [3.05, 3.63) is 96.6 Å². The Balaban J connectivity index is 1.35. The number of nitrogens with zero attached hydrogens (tertiary/aromatic N) is 4. The maximum Gasteiger partial charge on any atom is 0.130 e. The quantitative estimate of drug-likeness (QED) is 0.283. The highest BCUT2D eigenvalue weighted by atomic mass is 18.2. The molecular formula is C28H25FN4O. The van der Waals surface area contributed by atoms with Gasteiger partial charge in [-0.25, -0.2) is 4.98 Å². The van der Waals surface area contributed by atoms with E-state index >= 15 is 0 Å². The molecule has 5 aromatic rings. The van der Waals surface area contributed by atoms with Crippen LogP contribution >= 0.6 is 0 Å². The lowest BCUT2D eigenvalue weighted by molar-refractivity contribution is 0.301. The molecule has 0 saturated heterocycles. The predicted molar refractivity (Wildman–Crippen MR) is 132 cm³/mol. The SMILES string of the molecule is Cn1cc(-c2ccncc2)c(-c2ccc(OCc3cc(CCC[18F])c4ccccc4n3)cc2)n1. The standard InChI is InChI=1S/C28H25FN4O/c1-33-18-26(20-12-15-30-16-13-20)28(32-33)21-8-10-24(11-9-21)34-19-23-17-22(5-4-14-29)25-6-2-3-7-27(25)31-23/h2-3,6-13,15-18H,4-5,14,19H2,1H3/i29-1. The summed E-state index contributed by atoms with van der Waals surface area (Å²) in [5, 5.41) is 5.74. The largest absolute Gasteiger partial charge is 0.487 e. The maximum atomic E-state index is 12.8. The van der Waals surface area contributed by atoms with E-state index in [-0.39, 0.29) is 6.67 Å². The molecule has 5 nitrogen and oxygen atoms in total. The topological polar surface area (TPSA) is 52.8 Å². The molecule has 170 valence electrons. The molecule has 3 heterocycles. The normalized spacial score (nSPS) is 11.1. The van der Waals surface area contributed by atoms with Gasteiger partial charge in [0.15, 0.2) is 0 Å². The fourth-order valence-corrected chi connectivity index (χ4v) is 4.16. The van der Waals surface area contributed by atoms with Gasteiger partial charge < -0.3 is 4.74 Å². The van der Waals surface area contributed by atoms with Crippen LogP contribution in [-0.2, 0) is 20.1 Å². The van der Waals surface area contributed by atoms with Gasteiger partial charge in [0.1, 0.15) is 18.1 Å². The first kappa shape index (κ1) is 21.8. The fraction of sp³-hybridized carbons (Fsp3) is 0.179. The summed E-state index contributed by atoms with van der Waals surface area (Å²) in [7, 11) is 1.92. The first-order chi connectivity index (χ1) is 16.7. The molecule has 0 spiro atoms. The minimum atomic E-state index is -0.325. The highest BCUT2D eigenvalue weighted by Crippen LogP contribution is 2.31. The van der Waals surface area contributed by atoms with Crippen LogP contribution in [0, 0.1) is 0 Å². The van der Waals surface area contributed by atoms with E-state index in [9.17, 15) is 4.39 Å². The van der Waals surface area contributed by atoms with E-state index in [2.05, 4.69) is 10.1 Å². The zero-order valence-electron chi connectivity index (χ0n) is 19.0. The third-order valence-corrected chi connectivity index (χ3v) is 5.77. The van der Waals surface area contributed by atoms with Crippen LogP contribution in [0.4, 0.5) is 4.39 Å². The van der Waals surface area contributed by atoms with Gasteiger partial charge in [-0.3, -0.25) is 14.1 Å². The van der Waals surface area contributed by atoms with Gasteiger partial charge in [0, 0.05) is 42.2 Å². The summed E-state index contributed by atoms with van der Waals surface area (Å²) in [6, 6.07) is 21.9. The number of ether oxygens (including phenoxy) is 1. The zero-order valence-corrected chi connectivity index (χ0v) is 19.0. The summed E-state index contributed by atoms with van der Waals surface area (Å²) in [5.74, 6) is 0.755. The molecule has 0 saturated carbocycles. The van der Waals surface area contributed by atoms with Crippen molar-refractivity contribution < 1.29 is 9.13 Å². The summed E-state index contributed by atoms with van der Waals surface area (Å²) >= 11 is 0. The van der Waals surface area contributed by atoms with Crippen molar-refractivity contribution in [2.75, 3.05) is 6.67 Å². The van der Waals surface area contributed by atoms with Gasteiger partial charge in [-0.1, -0.05) is 18.2 Å². The predicted octanol–water partition coefficient (Wildman–Crippen LogP) is 6.18. The Morgan fingerprint density at radius 2 is 1.74 bits per heavy atom. The molecule has 0 N–H and O–H groups in total. The van der Waals surface area contributed by atoms with E-state index in [1.165, 1.54) is 0 Å². The van der Waals surface area contributed by atoms with Crippen molar-refractivity contribution in [1.29, 1.82) is 0 Å². The minimum Gasteiger partial charge on any atom is -0.487 e. The smallest absolute Gasteiger partial charge is 0.130 e. The molecule has 6 heteroatoms. The van der Waals surface area contributed by atoms with E-state index in [1.54, 1.807) is 12.4 Å². The molecule has 0 amide bonds. The van der Waals surface area contributed by atoms with Crippen molar-refractivity contribution in [2.45, 2.75) is 19.4 Å². The van der Waals surface area contributed by atoms with Crippen LogP contribution in [0.15, 0.2) is 85.3 Å². The van der Waals surface area contributed by atoms with Crippen molar-refractivity contribution in [1.82, 2.24) is 19.7 Å². The molecule has 5 rings (SSSR count). The summed E-state index contributed by atoms with van der Waals surface area (Å²) in [4.78, 5) is 8.84. The van der Waals surface area contributed by atoms with Gasteiger partial charge in [0.2, 0.25) is 0 Å². The molecule has 3 aromatic heterocycles. The number of hydrogen-bond donors (Lipinski definition) is 0. The van der Waals surface area contributed by atoms with Crippen molar-refractivity contribution >= 4 is 10.9 Å². The van der Waals surface area contributed by atoms with E-state index in [1.807, 2.05) is 84.7 Å². The number of aryl methyl sites for hydroxylation is 2. The average molecular weight is 452 g/mol. The maximum absolute atomic E-state index is 12.8. The molecular weight excluding hydrogens is 426 g/mol. The molecule has 0 aliphatic heterocycles. The molecule has 0 bridgehead atoms. The Morgan fingerprint density at radius 1 is 0.941 bits per heavy atom. The highest BCUT2D eigenvalue weighted by Gasteiger charge is 2.12. The van der Waals surface area contributed by atoms with Crippen molar-refractivity contribution in [2.24, 2.45) is 7.05 Å². The van der Waals surface area contributed by atoms with Gasteiger partial charge in [-0.15, -0.1) is 0 Å². The Bertz CT molecular complexity index is 1400. The minimum absolute atomic E-state index is 0.325. The Hall–Kier alpha value is -4.06. The van der Waals surface area contributed by atoms with Crippen LogP contribution < -0.4 is 4.74 Å². The van der Waals surface area contributed by atoms with Crippen molar-refractivity contribution in [3.8, 4) is 28.1 Å². The summed E-state index contributed by atoms with van der Waals surface area (Å²) in [6.45, 7) is 0.0205. The molecule has 0 atom stereocenters. The molecule has 2 aromatic carbocycles. The van der Waals surface area contributed by atoms with Crippen LogP contribution in [0.2, 0.25) is 0 Å². The summed E-state index contributed by atoms with van der Waals surface area (Å²) in [5.41, 5.74) is 6.90. The number of rotatable bonds is 8. The number of pyridine rings is 2. The van der Waals surface area contributed by atoms with E-state index in [0.29, 0.717) is 19.4 Å². The van der Waals surface area contributed by atoms with Crippen LogP contribution in [-0.4, -0.2) is 26.4 Å². The van der Waals surface area contributed by atoms with E-state index < -0.39 is 0 Å². The summed E-state index contributed by atoms with van der Waals surface area (Å²) < 4.78 is 20.6. The number of fused-ring (bicyclic) bond motifs is 1. The number of para-hydroxylation sites is 1. The Labute approximate surface area is 197 Å². The Kier molecular flexibility index (Phi) is 6.29. The molecule has 0 unspecified atom stereocenters. The number of halogens is 1. The monoisotopic (exact) mass is 451 g/mol. The molecule has 0 aliphatic carbocycles. The van der Waals surface area contributed by atoms with Gasteiger partial charge in [-0.2, -0.15) is 5.10 Å². The number of benzene rings is 2. The van der Waals surface area contributed by atoms with Crippen LogP contribution in [0.5, 0.6) is 5.75 Å². The fourth-order valence-electron chi connectivity index (χ4n) is 4.16. The van der Waals surface area contributed by atoms with Crippen LogP contribution in [0.25, 0.3) is 33.3 Å². The lowest BCUT2D eigenvalue weighted by atomic mass is 10.0. The van der Waals surface area contributed by atoms with Gasteiger partial charge in [-0.05, 0) is 72.5 Å². The number of aromatic nitrogens is 4. The molecule has 0 radical (unpaired) electrons. The first-order valence-corrected chi connectivity index (χ1v) is 11.3. The first-order valence-electron chi connectivity index (χ1n) is 11.3. The van der Waals surface area contributed by atoms with Gasteiger partial charge >= 0.3 is 0 Å².